The van der Waals surface area contributed by atoms with Gasteiger partial charge < -0.3 is 5.11 Å². The number of halogens is 1. The van der Waals surface area contributed by atoms with E-state index in [-0.39, 0.29) is 12.3 Å². The van der Waals surface area contributed by atoms with E-state index in [0.717, 1.165) is 0 Å². The Kier molecular flexibility index (Phi) is 3.39. The molecule has 4 nitrogen and oxygen atoms in total. The van der Waals surface area contributed by atoms with Gasteiger partial charge in [0.1, 0.15) is 0 Å². The number of aliphatic hydroxyl groups excluding tert-OH is 1. The number of para-hydroxylation sites is 1. The second-order valence-electron chi connectivity index (χ2n) is 2.48. The highest BCUT2D eigenvalue weighted by atomic mass is 79.9. The Morgan fingerprint density at radius 2 is 2.23 bits per heavy atom. The van der Waals surface area contributed by atoms with Crippen LogP contribution >= 0.6 is 15.9 Å². The number of rotatable bonds is 3. The summed E-state index contributed by atoms with van der Waals surface area (Å²) in [5.74, 6) is 0. The average molecular weight is 246 g/mol. The number of hydrogen-bond donors (Lipinski definition) is 1. The molecule has 1 aromatic rings. The van der Waals surface area contributed by atoms with E-state index in [1.807, 2.05) is 0 Å². The predicted octanol–water partition coefficient (Wildman–Crippen LogP) is 1.89. The molecule has 1 N–H and O–H groups in total. The summed E-state index contributed by atoms with van der Waals surface area (Å²) in [6, 6.07) is 4.96. The van der Waals surface area contributed by atoms with Crippen molar-refractivity contribution in [2.24, 2.45) is 0 Å². The fraction of sp³-hybridized carbons (Fsp3) is 0.250. The molecule has 1 rings (SSSR count). The molecule has 0 aliphatic heterocycles. The largest absolute Gasteiger partial charge is 0.396 e. The topological polar surface area (TPSA) is 63.4 Å². The summed E-state index contributed by atoms with van der Waals surface area (Å²) in [5, 5.41) is 19.3. The van der Waals surface area contributed by atoms with E-state index < -0.39 is 4.92 Å². The van der Waals surface area contributed by atoms with E-state index in [2.05, 4.69) is 15.9 Å². The van der Waals surface area contributed by atoms with Crippen LogP contribution in [0, 0.1) is 10.1 Å². The Hall–Kier alpha value is -0.940. The third kappa shape index (κ3) is 2.26. The minimum Gasteiger partial charge on any atom is -0.396 e. The van der Waals surface area contributed by atoms with Crippen molar-refractivity contribution < 1.29 is 10.0 Å². The maximum atomic E-state index is 10.6. The smallest absolute Gasteiger partial charge is 0.286 e. The number of nitrogens with zero attached hydrogens (tertiary/aromatic N) is 1. The molecule has 0 unspecified atom stereocenters. The summed E-state index contributed by atoms with van der Waals surface area (Å²) < 4.78 is 0.448. The summed E-state index contributed by atoms with van der Waals surface area (Å²) in [6.07, 6.45) is 0.301. The van der Waals surface area contributed by atoms with Gasteiger partial charge in [0, 0.05) is 18.6 Å². The van der Waals surface area contributed by atoms with Crippen molar-refractivity contribution in [3.05, 3.63) is 38.3 Å². The quantitative estimate of drug-likeness (QED) is 0.654. The summed E-state index contributed by atoms with van der Waals surface area (Å²) in [6.45, 7) is -0.0860. The van der Waals surface area contributed by atoms with Crippen molar-refractivity contribution in [3.63, 3.8) is 0 Å². The lowest BCUT2D eigenvalue weighted by molar-refractivity contribution is -0.386. The molecular formula is C8H8BrNO3. The van der Waals surface area contributed by atoms with Crippen molar-refractivity contribution in [2.75, 3.05) is 6.61 Å². The van der Waals surface area contributed by atoms with Crippen LogP contribution in [-0.4, -0.2) is 16.6 Å². The van der Waals surface area contributed by atoms with Crippen molar-refractivity contribution in [1.29, 1.82) is 0 Å². The molecule has 0 spiro atoms. The zero-order chi connectivity index (χ0) is 9.84. The van der Waals surface area contributed by atoms with Crippen LogP contribution in [0.15, 0.2) is 22.7 Å². The lowest BCUT2D eigenvalue weighted by atomic mass is 10.1. The van der Waals surface area contributed by atoms with E-state index in [1.54, 1.807) is 18.2 Å². The number of aliphatic hydroxyl groups is 1. The summed E-state index contributed by atoms with van der Waals surface area (Å²) in [5.41, 5.74) is 0.582. The molecule has 70 valence electrons. The van der Waals surface area contributed by atoms with Gasteiger partial charge in [0.2, 0.25) is 0 Å². The van der Waals surface area contributed by atoms with Crippen LogP contribution in [0.4, 0.5) is 5.69 Å². The highest BCUT2D eigenvalue weighted by Crippen LogP contribution is 2.28. The second kappa shape index (κ2) is 4.34. The Balaban J connectivity index is 3.17. The summed E-state index contributed by atoms with van der Waals surface area (Å²) >= 11 is 3.09. The molecule has 0 amide bonds. The monoisotopic (exact) mass is 245 g/mol. The molecule has 0 aromatic heterocycles. The normalized spacial score (nSPS) is 10.0. The van der Waals surface area contributed by atoms with Gasteiger partial charge in [0.15, 0.2) is 0 Å². The van der Waals surface area contributed by atoms with Crippen LogP contribution in [0.25, 0.3) is 0 Å². The number of nitro benzene ring substituents is 1. The van der Waals surface area contributed by atoms with Crippen molar-refractivity contribution in [2.45, 2.75) is 6.42 Å². The van der Waals surface area contributed by atoms with Crippen LogP contribution in [0.1, 0.15) is 5.56 Å². The molecule has 0 bridgehead atoms. The first kappa shape index (κ1) is 10.1. The number of benzene rings is 1. The van der Waals surface area contributed by atoms with E-state index >= 15 is 0 Å². The molecular weight excluding hydrogens is 238 g/mol. The first-order valence-electron chi connectivity index (χ1n) is 3.69. The number of nitro groups is 1. The van der Waals surface area contributed by atoms with Gasteiger partial charge in [0.05, 0.1) is 9.40 Å². The van der Waals surface area contributed by atoms with Gasteiger partial charge in [-0.15, -0.1) is 0 Å². The van der Waals surface area contributed by atoms with Crippen LogP contribution in [-0.2, 0) is 6.42 Å². The Bertz CT molecular complexity index is 327. The second-order valence-corrected chi connectivity index (χ2v) is 3.33. The summed E-state index contributed by atoms with van der Waals surface area (Å²) in [7, 11) is 0. The first-order valence-corrected chi connectivity index (χ1v) is 4.48. The lowest BCUT2D eigenvalue weighted by Gasteiger charge is -2.01. The highest BCUT2D eigenvalue weighted by Gasteiger charge is 2.16. The van der Waals surface area contributed by atoms with E-state index in [4.69, 9.17) is 5.11 Å². The molecule has 0 saturated carbocycles. The summed E-state index contributed by atoms with van der Waals surface area (Å²) in [4.78, 5) is 10.2. The molecule has 0 heterocycles. The minimum atomic E-state index is -0.449. The maximum absolute atomic E-state index is 10.6. The SMILES string of the molecule is O=[N+]([O-])c1c(Br)cccc1CCO. The van der Waals surface area contributed by atoms with E-state index in [0.29, 0.717) is 16.5 Å². The third-order valence-corrected chi connectivity index (χ3v) is 2.27. The van der Waals surface area contributed by atoms with Crippen LogP contribution in [0.5, 0.6) is 0 Å². The highest BCUT2D eigenvalue weighted by molar-refractivity contribution is 9.10. The standard InChI is InChI=1S/C8H8BrNO3/c9-7-3-1-2-6(4-5-11)8(7)10(12)13/h1-3,11H,4-5H2. The minimum absolute atomic E-state index is 0.0385. The zero-order valence-corrected chi connectivity index (χ0v) is 8.32. The fourth-order valence-corrected chi connectivity index (χ4v) is 1.64. The van der Waals surface area contributed by atoms with Crippen molar-refractivity contribution in [3.8, 4) is 0 Å². The molecule has 0 fully saturated rings. The van der Waals surface area contributed by atoms with Crippen LogP contribution in [0.3, 0.4) is 0 Å². The van der Waals surface area contributed by atoms with Crippen LogP contribution in [0.2, 0.25) is 0 Å². The molecule has 0 aliphatic rings. The van der Waals surface area contributed by atoms with Gasteiger partial charge in [-0.05, 0) is 22.0 Å². The third-order valence-electron chi connectivity index (χ3n) is 1.63. The average Bonchev–Trinajstić information content (AvgIpc) is 2.04. The van der Waals surface area contributed by atoms with Gasteiger partial charge in [-0.2, -0.15) is 0 Å². The zero-order valence-electron chi connectivity index (χ0n) is 6.74. The Morgan fingerprint density at radius 1 is 1.54 bits per heavy atom. The molecule has 13 heavy (non-hydrogen) atoms. The fourth-order valence-electron chi connectivity index (χ4n) is 1.09. The number of hydrogen-bond acceptors (Lipinski definition) is 3. The van der Waals surface area contributed by atoms with Gasteiger partial charge in [0.25, 0.3) is 5.69 Å². The van der Waals surface area contributed by atoms with Gasteiger partial charge >= 0.3 is 0 Å². The van der Waals surface area contributed by atoms with E-state index in [1.165, 1.54) is 0 Å². The Morgan fingerprint density at radius 3 is 2.77 bits per heavy atom. The predicted molar refractivity (Wildman–Crippen MR) is 51.6 cm³/mol. The van der Waals surface area contributed by atoms with Crippen molar-refractivity contribution >= 4 is 21.6 Å². The molecule has 1 aromatic carbocycles. The lowest BCUT2D eigenvalue weighted by Crippen LogP contribution is -1.98. The van der Waals surface area contributed by atoms with Gasteiger partial charge in [-0.25, -0.2) is 0 Å². The van der Waals surface area contributed by atoms with Crippen LogP contribution < -0.4 is 0 Å². The van der Waals surface area contributed by atoms with Crippen molar-refractivity contribution in [1.82, 2.24) is 0 Å². The van der Waals surface area contributed by atoms with E-state index in [9.17, 15) is 10.1 Å². The van der Waals surface area contributed by atoms with Gasteiger partial charge in [-0.1, -0.05) is 12.1 Å². The molecule has 0 atom stereocenters. The molecule has 0 saturated heterocycles. The molecule has 0 aliphatic carbocycles. The first-order chi connectivity index (χ1) is 6.16. The maximum Gasteiger partial charge on any atom is 0.286 e. The molecule has 0 radical (unpaired) electrons. The molecule has 5 heteroatoms. The van der Waals surface area contributed by atoms with Gasteiger partial charge in [-0.3, -0.25) is 10.1 Å². The Labute approximate surface area is 83.5 Å².